The van der Waals surface area contributed by atoms with Gasteiger partial charge in [-0.2, -0.15) is 0 Å². The minimum Gasteiger partial charge on any atom is -0.496 e. The van der Waals surface area contributed by atoms with E-state index in [4.69, 9.17) is 14.2 Å². The molecule has 0 saturated carbocycles. The van der Waals surface area contributed by atoms with Crippen molar-refractivity contribution < 1.29 is 23.8 Å². The molecule has 8 heteroatoms. The summed E-state index contributed by atoms with van der Waals surface area (Å²) in [6.45, 7) is 6.31. The summed E-state index contributed by atoms with van der Waals surface area (Å²) in [6.07, 6.45) is 0. The Kier molecular flexibility index (Phi) is 7.86. The van der Waals surface area contributed by atoms with Crippen molar-refractivity contribution in [1.29, 1.82) is 0 Å². The lowest BCUT2D eigenvalue weighted by Crippen LogP contribution is -2.20. The molecule has 0 aliphatic rings. The third-order valence-electron chi connectivity index (χ3n) is 5.30. The zero-order valence-electron chi connectivity index (χ0n) is 20.8. The topological polar surface area (TPSA) is 97.9 Å². The minimum absolute atomic E-state index is 0.0694. The van der Waals surface area contributed by atoms with Crippen LogP contribution in [-0.2, 0) is 5.41 Å². The van der Waals surface area contributed by atoms with E-state index >= 15 is 0 Å². The van der Waals surface area contributed by atoms with E-state index < -0.39 is 6.03 Å². The summed E-state index contributed by atoms with van der Waals surface area (Å²) in [5.41, 5.74) is 2.55. The van der Waals surface area contributed by atoms with Crippen molar-refractivity contribution >= 4 is 23.3 Å². The Labute approximate surface area is 205 Å². The molecule has 0 atom stereocenters. The minimum atomic E-state index is -0.395. The molecule has 0 aliphatic heterocycles. The van der Waals surface area contributed by atoms with Gasteiger partial charge in [0.1, 0.15) is 23.0 Å². The fraction of sp³-hybridized carbons (Fsp3) is 0.259. The molecule has 3 aromatic carbocycles. The fourth-order valence-corrected chi connectivity index (χ4v) is 3.36. The van der Waals surface area contributed by atoms with Crippen molar-refractivity contribution in [2.24, 2.45) is 0 Å². The zero-order chi connectivity index (χ0) is 25.6. The van der Waals surface area contributed by atoms with Crippen LogP contribution in [-0.4, -0.2) is 33.2 Å². The third-order valence-corrected chi connectivity index (χ3v) is 5.30. The van der Waals surface area contributed by atoms with Crippen molar-refractivity contribution in [2.75, 3.05) is 31.9 Å². The highest BCUT2D eigenvalue weighted by Gasteiger charge is 2.17. The molecule has 0 radical (unpaired) electrons. The Morgan fingerprint density at radius 1 is 0.771 bits per heavy atom. The number of benzene rings is 3. The second kappa shape index (κ2) is 10.8. The van der Waals surface area contributed by atoms with Crippen LogP contribution in [0.15, 0.2) is 60.7 Å². The Bertz CT molecular complexity index is 1200. The van der Waals surface area contributed by atoms with Gasteiger partial charge in [-0.3, -0.25) is 4.79 Å². The second-order valence-electron chi connectivity index (χ2n) is 8.81. The SMILES string of the molecule is CNC(=O)c1cc(Oc2ccc(NC(=O)Nc3cc(C(C)(C)C)ccc3OC)cc2)ccc1OC. The maximum atomic E-state index is 12.6. The van der Waals surface area contributed by atoms with Crippen LogP contribution < -0.4 is 30.2 Å². The summed E-state index contributed by atoms with van der Waals surface area (Å²) in [5.74, 6) is 1.78. The van der Waals surface area contributed by atoms with Crippen LogP contribution in [0.25, 0.3) is 0 Å². The number of urea groups is 1. The van der Waals surface area contributed by atoms with E-state index in [1.54, 1.807) is 56.6 Å². The first-order valence-electron chi connectivity index (χ1n) is 11.1. The number of amides is 3. The van der Waals surface area contributed by atoms with Crippen molar-refractivity contribution in [2.45, 2.75) is 26.2 Å². The molecule has 184 valence electrons. The quantitative estimate of drug-likeness (QED) is 0.400. The fourth-order valence-electron chi connectivity index (χ4n) is 3.36. The average Bonchev–Trinajstić information content (AvgIpc) is 2.84. The number of nitrogens with one attached hydrogen (secondary N) is 3. The lowest BCUT2D eigenvalue weighted by atomic mass is 9.87. The van der Waals surface area contributed by atoms with Crippen molar-refractivity contribution in [3.8, 4) is 23.0 Å². The second-order valence-corrected chi connectivity index (χ2v) is 8.81. The molecule has 0 aromatic heterocycles. The third kappa shape index (κ3) is 6.44. The van der Waals surface area contributed by atoms with Gasteiger partial charge in [-0.05, 0) is 65.6 Å². The van der Waals surface area contributed by atoms with E-state index in [1.807, 2.05) is 18.2 Å². The van der Waals surface area contributed by atoms with Crippen molar-refractivity contribution in [1.82, 2.24) is 5.32 Å². The Hall–Kier alpha value is -4.20. The van der Waals surface area contributed by atoms with Crippen LogP contribution in [0.2, 0.25) is 0 Å². The van der Waals surface area contributed by atoms with Gasteiger partial charge >= 0.3 is 6.03 Å². The van der Waals surface area contributed by atoms with Gasteiger partial charge in [0.2, 0.25) is 0 Å². The first kappa shape index (κ1) is 25.4. The molecule has 0 unspecified atom stereocenters. The highest BCUT2D eigenvalue weighted by Crippen LogP contribution is 2.32. The van der Waals surface area contributed by atoms with Crippen LogP contribution >= 0.6 is 0 Å². The van der Waals surface area contributed by atoms with Gasteiger partial charge in [0, 0.05) is 12.7 Å². The molecule has 3 N–H and O–H groups in total. The van der Waals surface area contributed by atoms with Crippen LogP contribution in [0.4, 0.5) is 16.2 Å². The molecular weight excluding hydrogens is 446 g/mol. The highest BCUT2D eigenvalue weighted by molar-refractivity contribution is 6.00. The molecule has 0 aliphatic carbocycles. The summed E-state index contributed by atoms with van der Waals surface area (Å²) < 4.78 is 16.5. The largest absolute Gasteiger partial charge is 0.496 e. The number of hydrogen-bond donors (Lipinski definition) is 3. The number of anilines is 2. The Balaban J connectivity index is 1.68. The van der Waals surface area contributed by atoms with Crippen LogP contribution in [0, 0.1) is 0 Å². The number of hydrogen-bond acceptors (Lipinski definition) is 5. The van der Waals surface area contributed by atoms with Gasteiger partial charge in [-0.15, -0.1) is 0 Å². The molecule has 0 heterocycles. The summed E-state index contributed by atoms with van der Waals surface area (Å²) in [6, 6.07) is 17.2. The van der Waals surface area contributed by atoms with Gasteiger partial charge in [0.15, 0.2) is 0 Å². The smallest absolute Gasteiger partial charge is 0.323 e. The highest BCUT2D eigenvalue weighted by atomic mass is 16.5. The predicted octanol–water partition coefficient (Wildman–Crippen LogP) is 5.80. The van der Waals surface area contributed by atoms with Crippen molar-refractivity contribution in [3.05, 3.63) is 71.8 Å². The van der Waals surface area contributed by atoms with E-state index in [0.717, 1.165) is 5.56 Å². The van der Waals surface area contributed by atoms with Gasteiger partial charge in [-0.25, -0.2) is 4.79 Å². The predicted molar refractivity (Wildman–Crippen MR) is 137 cm³/mol. The van der Waals surface area contributed by atoms with Gasteiger partial charge < -0.3 is 30.2 Å². The normalized spacial score (nSPS) is 10.8. The lowest BCUT2D eigenvalue weighted by Gasteiger charge is -2.21. The zero-order valence-corrected chi connectivity index (χ0v) is 20.8. The summed E-state index contributed by atoms with van der Waals surface area (Å²) in [5, 5.41) is 8.24. The molecule has 0 bridgehead atoms. The van der Waals surface area contributed by atoms with E-state index in [9.17, 15) is 9.59 Å². The van der Waals surface area contributed by atoms with E-state index in [1.165, 1.54) is 7.11 Å². The Morgan fingerprint density at radius 2 is 1.40 bits per heavy atom. The summed E-state index contributed by atoms with van der Waals surface area (Å²) in [7, 11) is 4.62. The molecule has 3 amide bonds. The van der Waals surface area contributed by atoms with Gasteiger partial charge in [-0.1, -0.05) is 26.8 Å². The number of carbonyl (C=O) groups excluding carboxylic acids is 2. The maximum absolute atomic E-state index is 12.6. The molecule has 3 rings (SSSR count). The van der Waals surface area contributed by atoms with Crippen LogP contribution in [0.3, 0.4) is 0 Å². The monoisotopic (exact) mass is 477 g/mol. The molecule has 3 aromatic rings. The van der Waals surface area contributed by atoms with E-state index in [2.05, 4.69) is 36.7 Å². The van der Waals surface area contributed by atoms with Crippen molar-refractivity contribution in [3.63, 3.8) is 0 Å². The molecule has 0 fully saturated rings. The van der Waals surface area contributed by atoms with Gasteiger partial charge in [0.05, 0.1) is 25.5 Å². The molecule has 35 heavy (non-hydrogen) atoms. The Morgan fingerprint density at radius 3 is 2.00 bits per heavy atom. The van der Waals surface area contributed by atoms with Crippen LogP contribution in [0.1, 0.15) is 36.7 Å². The summed E-state index contributed by atoms with van der Waals surface area (Å²) >= 11 is 0. The molecular formula is C27H31N3O5. The number of rotatable bonds is 7. The van der Waals surface area contributed by atoms with E-state index in [0.29, 0.717) is 39.9 Å². The average molecular weight is 478 g/mol. The first-order valence-corrected chi connectivity index (χ1v) is 11.1. The number of methoxy groups -OCH3 is 2. The summed E-state index contributed by atoms with van der Waals surface area (Å²) in [4.78, 5) is 24.7. The van der Waals surface area contributed by atoms with E-state index in [-0.39, 0.29) is 11.3 Å². The number of ether oxygens (including phenoxy) is 3. The molecule has 0 spiro atoms. The molecule has 0 saturated heterocycles. The van der Waals surface area contributed by atoms with Crippen LogP contribution in [0.5, 0.6) is 23.0 Å². The van der Waals surface area contributed by atoms with Gasteiger partial charge in [0.25, 0.3) is 5.91 Å². The standard InChI is InChI=1S/C27H31N3O5/c1-27(2,3)17-7-13-24(34-6)22(15-17)30-26(32)29-18-8-10-19(11-9-18)35-20-12-14-23(33-5)21(16-20)25(31)28-4/h7-16H,1-6H3,(H,28,31)(H2,29,30,32). The molecule has 8 nitrogen and oxygen atoms in total. The maximum Gasteiger partial charge on any atom is 0.323 e. The number of carbonyl (C=O) groups is 2. The first-order chi connectivity index (χ1) is 16.6. The lowest BCUT2D eigenvalue weighted by molar-refractivity contribution is 0.0959.